The summed E-state index contributed by atoms with van der Waals surface area (Å²) >= 11 is 0. The summed E-state index contributed by atoms with van der Waals surface area (Å²) in [5.41, 5.74) is -1.42. The molecule has 0 saturated heterocycles. The van der Waals surface area contributed by atoms with Crippen LogP contribution in [0.15, 0.2) is 18.2 Å². The molecular weight excluding hydrogens is 274 g/mol. The van der Waals surface area contributed by atoms with Gasteiger partial charge >= 0.3 is 6.18 Å². The van der Waals surface area contributed by atoms with Crippen LogP contribution in [0.4, 0.5) is 23.2 Å². The minimum absolute atomic E-state index is 0.114. The van der Waals surface area contributed by atoms with Gasteiger partial charge in [0.1, 0.15) is 5.82 Å². The fourth-order valence-corrected chi connectivity index (χ4v) is 1.99. The Labute approximate surface area is 116 Å². The van der Waals surface area contributed by atoms with E-state index in [9.17, 15) is 17.6 Å². The summed E-state index contributed by atoms with van der Waals surface area (Å²) in [6, 6.07) is 2.78. The zero-order chi connectivity index (χ0) is 15.6. The topological polar surface area (TPSA) is 21.3 Å². The van der Waals surface area contributed by atoms with E-state index in [1.165, 1.54) is 6.07 Å². The van der Waals surface area contributed by atoms with E-state index >= 15 is 0 Å². The summed E-state index contributed by atoms with van der Waals surface area (Å²) in [6.45, 7) is 5.60. The molecule has 0 spiro atoms. The number of rotatable bonds is 5. The smallest absolute Gasteiger partial charge is 0.382 e. The Morgan fingerprint density at radius 3 is 2.35 bits per heavy atom. The lowest BCUT2D eigenvalue weighted by atomic mass is 9.99. The van der Waals surface area contributed by atoms with Crippen molar-refractivity contribution in [2.24, 2.45) is 0 Å². The van der Waals surface area contributed by atoms with Gasteiger partial charge in [0.15, 0.2) is 0 Å². The third-order valence-corrected chi connectivity index (χ3v) is 3.04. The monoisotopic (exact) mass is 293 g/mol. The molecule has 1 unspecified atom stereocenters. The molecule has 1 aromatic carbocycles. The predicted octanol–water partition coefficient (Wildman–Crippen LogP) is 4.46. The van der Waals surface area contributed by atoms with Crippen molar-refractivity contribution >= 4 is 5.69 Å². The van der Waals surface area contributed by atoms with E-state index in [1.54, 1.807) is 7.11 Å². The lowest BCUT2D eigenvalue weighted by Gasteiger charge is -2.27. The average molecular weight is 293 g/mol. The molecule has 0 amide bonds. The Kier molecular flexibility index (Phi) is 5.02. The van der Waals surface area contributed by atoms with Crippen molar-refractivity contribution in [1.82, 2.24) is 0 Å². The van der Waals surface area contributed by atoms with Crippen LogP contribution in [0.25, 0.3) is 0 Å². The Hall–Kier alpha value is -1.30. The van der Waals surface area contributed by atoms with Gasteiger partial charge in [-0.05, 0) is 45.4 Å². The summed E-state index contributed by atoms with van der Waals surface area (Å²) in [6.07, 6.45) is -4.10. The van der Waals surface area contributed by atoms with E-state index < -0.39 is 17.6 Å². The number of benzene rings is 1. The molecule has 20 heavy (non-hydrogen) atoms. The summed E-state index contributed by atoms with van der Waals surface area (Å²) in [4.78, 5) is 0. The molecule has 0 aliphatic heterocycles. The number of ether oxygens (including phenoxy) is 1. The molecule has 0 aromatic heterocycles. The third-order valence-electron chi connectivity index (χ3n) is 3.04. The number of methoxy groups -OCH3 is 1. The van der Waals surface area contributed by atoms with Crippen LogP contribution in [-0.4, -0.2) is 18.8 Å². The maximum atomic E-state index is 13.2. The second-order valence-electron chi connectivity index (χ2n) is 5.41. The zero-order valence-electron chi connectivity index (χ0n) is 11.9. The van der Waals surface area contributed by atoms with E-state index in [2.05, 4.69) is 5.32 Å². The number of hydrogen-bond acceptors (Lipinski definition) is 2. The first kappa shape index (κ1) is 16.8. The maximum Gasteiger partial charge on any atom is 0.419 e. The Balaban J connectivity index is 2.84. The molecule has 0 fully saturated rings. The lowest BCUT2D eigenvalue weighted by Crippen LogP contribution is -2.31. The molecule has 0 aliphatic rings. The van der Waals surface area contributed by atoms with Crippen LogP contribution in [0, 0.1) is 5.82 Å². The number of nitrogens with one attached hydrogen (secondary N) is 1. The van der Waals surface area contributed by atoms with E-state index in [4.69, 9.17) is 4.74 Å². The van der Waals surface area contributed by atoms with E-state index in [1.807, 2.05) is 20.8 Å². The molecule has 1 rings (SSSR count). The quantitative estimate of drug-likeness (QED) is 0.809. The molecule has 0 saturated carbocycles. The van der Waals surface area contributed by atoms with Crippen molar-refractivity contribution in [3.05, 3.63) is 29.6 Å². The van der Waals surface area contributed by atoms with Gasteiger partial charge in [0, 0.05) is 18.8 Å². The lowest BCUT2D eigenvalue weighted by molar-refractivity contribution is -0.139. The van der Waals surface area contributed by atoms with Gasteiger partial charge in [0.25, 0.3) is 0 Å². The van der Waals surface area contributed by atoms with Gasteiger partial charge in [-0.1, -0.05) is 0 Å². The van der Waals surface area contributed by atoms with E-state index in [0.717, 1.165) is 12.1 Å². The minimum atomic E-state index is -4.70. The molecule has 1 atom stereocenters. The van der Waals surface area contributed by atoms with Crippen molar-refractivity contribution in [3.63, 3.8) is 0 Å². The minimum Gasteiger partial charge on any atom is -0.382 e. The molecule has 0 heterocycles. The van der Waals surface area contributed by atoms with E-state index in [0.29, 0.717) is 6.42 Å². The van der Waals surface area contributed by atoms with Crippen LogP contribution >= 0.6 is 0 Å². The van der Waals surface area contributed by atoms with Crippen molar-refractivity contribution in [2.45, 2.75) is 45.0 Å². The number of hydrogen-bond donors (Lipinski definition) is 1. The second-order valence-corrected chi connectivity index (χ2v) is 5.41. The SMILES string of the molecule is COC(C)(C)CC(C)Nc1ccc(F)c(C(F)(F)F)c1. The predicted molar refractivity (Wildman–Crippen MR) is 70.2 cm³/mol. The highest BCUT2D eigenvalue weighted by molar-refractivity contribution is 5.47. The van der Waals surface area contributed by atoms with Gasteiger partial charge in [-0.3, -0.25) is 0 Å². The van der Waals surface area contributed by atoms with Gasteiger partial charge in [-0.15, -0.1) is 0 Å². The van der Waals surface area contributed by atoms with Crippen LogP contribution < -0.4 is 5.32 Å². The fourth-order valence-electron chi connectivity index (χ4n) is 1.99. The number of halogens is 4. The molecule has 114 valence electrons. The second kappa shape index (κ2) is 5.99. The first-order chi connectivity index (χ1) is 9.05. The van der Waals surface area contributed by atoms with Crippen LogP contribution in [0.1, 0.15) is 32.8 Å². The van der Waals surface area contributed by atoms with Gasteiger partial charge < -0.3 is 10.1 Å². The summed E-state index contributed by atoms with van der Waals surface area (Å²) in [7, 11) is 1.58. The maximum absolute atomic E-state index is 13.2. The highest BCUT2D eigenvalue weighted by atomic mass is 19.4. The number of anilines is 1. The molecular formula is C14H19F4NO. The Bertz CT molecular complexity index is 457. The average Bonchev–Trinajstić information content (AvgIpc) is 2.29. The Morgan fingerprint density at radius 1 is 1.25 bits per heavy atom. The van der Waals surface area contributed by atoms with E-state index in [-0.39, 0.29) is 17.3 Å². The molecule has 1 N–H and O–H groups in total. The molecule has 2 nitrogen and oxygen atoms in total. The highest BCUT2D eigenvalue weighted by Gasteiger charge is 2.34. The summed E-state index contributed by atoms with van der Waals surface area (Å²) in [5.74, 6) is -1.27. The summed E-state index contributed by atoms with van der Waals surface area (Å²) < 4.78 is 56.2. The highest BCUT2D eigenvalue weighted by Crippen LogP contribution is 2.33. The third kappa shape index (κ3) is 4.67. The van der Waals surface area contributed by atoms with Crippen LogP contribution in [0.3, 0.4) is 0 Å². The van der Waals surface area contributed by atoms with Crippen molar-refractivity contribution in [3.8, 4) is 0 Å². The fraction of sp³-hybridized carbons (Fsp3) is 0.571. The first-order valence-electron chi connectivity index (χ1n) is 6.23. The van der Waals surface area contributed by atoms with Crippen molar-refractivity contribution in [2.75, 3.05) is 12.4 Å². The van der Waals surface area contributed by atoms with Crippen LogP contribution in [0.5, 0.6) is 0 Å². The van der Waals surface area contributed by atoms with Gasteiger partial charge in [0.05, 0.1) is 11.2 Å². The van der Waals surface area contributed by atoms with Crippen molar-refractivity contribution < 1.29 is 22.3 Å². The first-order valence-corrected chi connectivity index (χ1v) is 6.23. The molecule has 0 bridgehead atoms. The van der Waals surface area contributed by atoms with Gasteiger partial charge in [-0.2, -0.15) is 13.2 Å². The van der Waals surface area contributed by atoms with Crippen molar-refractivity contribution in [1.29, 1.82) is 0 Å². The molecule has 0 radical (unpaired) electrons. The molecule has 6 heteroatoms. The standard InChI is InChI=1S/C14H19F4NO/c1-9(8-13(2,3)20-4)19-10-5-6-12(15)11(7-10)14(16,17)18/h5-7,9,19H,8H2,1-4H3. The molecule has 0 aliphatic carbocycles. The normalized spacial score (nSPS) is 14.2. The molecule has 1 aromatic rings. The summed E-state index contributed by atoms with van der Waals surface area (Å²) in [5, 5.41) is 2.93. The largest absolute Gasteiger partial charge is 0.419 e. The van der Waals surface area contributed by atoms with Gasteiger partial charge in [0.2, 0.25) is 0 Å². The zero-order valence-corrected chi connectivity index (χ0v) is 11.9. The van der Waals surface area contributed by atoms with Crippen LogP contribution in [0.2, 0.25) is 0 Å². The van der Waals surface area contributed by atoms with Crippen LogP contribution in [-0.2, 0) is 10.9 Å². The van der Waals surface area contributed by atoms with Gasteiger partial charge in [-0.25, -0.2) is 4.39 Å². The number of alkyl halides is 3. The Morgan fingerprint density at radius 2 is 1.85 bits per heavy atom.